The van der Waals surface area contributed by atoms with Crippen LogP contribution < -0.4 is 23.8 Å². The van der Waals surface area contributed by atoms with Gasteiger partial charge < -0.3 is 24.1 Å². The van der Waals surface area contributed by atoms with Crippen molar-refractivity contribution in [2.75, 3.05) is 33.3 Å². The fraction of sp³-hybridized carbons (Fsp3) is 0.185. The second kappa shape index (κ2) is 9.80. The van der Waals surface area contributed by atoms with Crippen LogP contribution in [0.5, 0.6) is 23.0 Å². The molecule has 0 saturated carbocycles. The number of benzene rings is 3. The van der Waals surface area contributed by atoms with Crippen molar-refractivity contribution in [3.05, 3.63) is 83.4 Å². The summed E-state index contributed by atoms with van der Waals surface area (Å²) in [5.74, 6) is 0.270. The molecule has 0 bridgehead atoms. The van der Waals surface area contributed by atoms with E-state index in [1.54, 1.807) is 73.8 Å². The van der Waals surface area contributed by atoms with Crippen LogP contribution >= 0.6 is 0 Å². The number of aliphatic hydroxyl groups is 1. The van der Waals surface area contributed by atoms with Crippen molar-refractivity contribution >= 4 is 23.1 Å². The normalized spacial score (nSPS) is 16.8. The summed E-state index contributed by atoms with van der Waals surface area (Å²) < 4.78 is 21.2. The third-order valence-corrected chi connectivity index (χ3v) is 5.88. The molecule has 1 heterocycles. The Kier molecular flexibility index (Phi) is 6.64. The molecule has 180 valence electrons. The fourth-order valence-electron chi connectivity index (χ4n) is 4.08. The van der Waals surface area contributed by atoms with Crippen LogP contribution in [0.25, 0.3) is 5.76 Å². The first-order valence-corrected chi connectivity index (χ1v) is 10.7. The van der Waals surface area contributed by atoms with Gasteiger partial charge in [-0.15, -0.1) is 0 Å². The molecular weight excluding hydrogens is 450 g/mol. The van der Waals surface area contributed by atoms with Crippen molar-refractivity contribution in [2.45, 2.75) is 6.04 Å². The molecule has 1 atom stereocenters. The summed E-state index contributed by atoms with van der Waals surface area (Å²) in [5, 5.41) is 11.2. The van der Waals surface area contributed by atoms with Gasteiger partial charge in [-0.25, -0.2) is 0 Å². The summed E-state index contributed by atoms with van der Waals surface area (Å²) in [6.07, 6.45) is 0. The second-order valence-electron chi connectivity index (χ2n) is 7.71. The third kappa shape index (κ3) is 4.26. The number of ketones is 1. The third-order valence-electron chi connectivity index (χ3n) is 5.88. The van der Waals surface area contributed by atoms with E-state index in [1.165, 1.54) is 26.2 Å². The summed E-state index contributed by atoms with van der Waals surface area (Å²) in [7, 11) is 6.09. The maximum absolute atomic E-state index is 13.3. The van der Waals surface area contributed by atoms with Crippen molar-refractivity contribution in [3.8, 4) is 23.0 Å². The monoisotopic (exact) mass is 475 g/mol. The van der Waals surface area contributed by atoms with Crippen molar-refractivity contribution in [1.82, 2.24) is 0 Å². The minimum atomic E-state index is -0.912. The lowest BCUT2D eigenvalue weighted by Crippen LogP contribution is -2.29. The first kappa shape index (κ1) is 23.7. The van der Waals surface area contributed by atoms with Crippen molar-refractivity contribution < 1.29 is 33.6 Å². The van der Waals surface area contributed by atoms with E-state index in [2.05, 4.69) is 0 Å². The largest absolute Gasteiger partial charge is 0.507 e. The SMILES string of the molecule is COc1ccc(/C(O)=C2\C(=O)C(=O)N(c3ccc(OC)cc3)[C@@H]2c2ccc(OC)c(OC)c2)cc1. The Morgan fingerprint density at radius 1 is 0.743 bits per heavy atom. The number of nitrogens with zero attached hydrogens (tertiary/aromatic N) is 1. The predicted molar refractivity (Wildman–Crippen MR) is 130 cm³/mol. The first-order valence-electron chi connectivity index (χ1n) is 10.7. The van der Waals surface area contributed by atoms with E-state index in [9.17, 15) is 14.7 Å². The highest BCUT2D eigenvalue weighted by molar-refractivity contribution is 6.51. The number of hydrogen-bond donors (Lipinski definition) is 1. The molecular formula is C27H25NO7. The molecule has 3 aromatic carbocycles. The minimum Gasteiger partial charge on any atom is -0.507 e. The number of aliphatic hydroxyl groups excluding tert-OH is 1. The molecule has 1 saturated heterocycles. The zero-order chi connectivity index (χ0) is 25.1. The topological polar surface area (TPSA) is 94.5 Å². The molecule has 0 spiro atoms. The Hall–Kier alpha value is -4.46. The van der Waals surface area contributed by atoms with E-state index >= 15 is 0 Å². The first-order chi connectivity index (χ1) is 16.9. The molecule has 0 aromatic heterocycles. The number of carbonyl (C=O) groups excluding carboxylic acids is 2. The molecule has 4 rings (SSSR count). The van der Waals surface area contributed by atoms with Gasteiger partial charge >= 0.3 is 0 Å². The lowest BCUT2D eigenvalue weighted by molar-refractivity contribution is -0.132. The standard InChI is InChI=1S/C27H25NO7/c1-32-19-10-5-16(6-11-19)25(29)23-24(17-7-14-21(34-3)22(15-17)35-4)28(27(31)26(23)30)18-8-12-20(33-2)13-9-18/h5-15,24,29H,1-4H3/b25-23+/t24-/m1/s1. The molecule has 1 N–H and O–H groups in total. The Bertz CT molecular complexity index is 1280. The Labute approximate surface area is 202 Å². The van der Waals surface area contributed by atoms with E-state index in [0.29, 0.717) is 39.8 Å². The quantitative estimate of drug-likeness (QED) is 0.308. The molecule has 0 unspecified atom stereocenters. The van der Waals surface area contributed by atoms with Gasteiger partial charge in [-0.3, -0.25) is 14.5 Å². The van der Waals surface area contributed by atoms with Crippen LogP contribution in [0.4, 0.5) is 5.69 Å². The highest BCUT2D eigenvalue weighted by Gasteiger charge is 2.47. The molecule has 8 nitrogen and oxygen atoms in total. The molecule has 8 heteroatoms. The number of hydrogen-bond acceptors (Lipinski definition) is 7. The van der Waals surface area contributed by atoms with Gasteiger partial charge in [0.1, 0.15) is 17.3 Å². The average Bonchev–Trinajstić information content (AvgIpc) is 3.17. The van der Waals surface area contributed by atoms with E-state index in [-0.39, 0.29) is 11.3 Å². The second-order valence-corrected chi connectivity index (χ2v) is 7.71. The van der Waals surface area contributed by atoms with Crippen LogP contribution in [-0.2, 0) is 9.59 Å². The van der Waals surface area contributed by atoms with Gasteiger partial charge in [0, 0.05) is 11.3 Å². The van der Waals surface area contributed by atoms with E-state index < -0.39 is 17.7 Å². The Morgan fingerprint density at radius 2 is 1.31 bits per heavy atom. The molecule has 1 fully saturated rings. The number of rotatable bonds is 7. The minimum absolute atomic E-state index is 0.0387. The lowest BCUT2D eigenvalue weighted by atomic mass is 9.94. The van der Waals surface area contributed by atoms with Crippen LogP contribution in [-0.4, -0.2) is 45.2 Å². The molecule has 0 radical (unpaired) electrons. The van der Waals surface area contributed by atoms with E-state index in [1.807, 2.05) is 0 Å². The number of methoxy groups -OCH3 is 4. The zero-order valence-electron chi connectivity index (χ0n) is 19.8. The molecule has 1 amide bonds. The summed E-state index contributed by atoms with van der Waals surface area (Å²) >= 11 is 0. The highest BCUT2D eigenvalue weighted by Crippen LogP contribution is 2.44. The summed E-state index contributed by atoms with van der Waals surface area (Å²) in [5.41, 5.74) is 1.38. The average molecular weight is 475 g/mol. The van der Waals surface area contributed by atoms with Crippen molar-refractivity contribution in [2.24, 2.45) is 0 Å². The van der Waals surface area contributed by atoms with Crippen LogP contribution in [0.2, 0.25) is 0 Å². The van der Waals surface area contributed by atoms with Gasteiger partial charge in [-0.2, -0.15) is 0 Å². The molecule has 0 aliphatic carbocycles. The van der Waals surface area contributed by atoms with Gasteiger partial charge in [0.15, 0.2) is 11.5 Å². The van der Waals surface area contributed by atoms with Gasteiger partial charge in [-0.1, -0.05) is 6.07 Å². The van der Waals surface area contributed by atoms with Gasteiger partial charge in [0.25, 0.3) is 11.7 Å². The van der Waals surface area contributed by atoms with Gasteiger partial charge in [0.2, 0.25) is 0 Å². The maximum Gasteiger partial charge on any atom is 0.300 e. The fourth-order valence-corrected chi connectivity index (χ4v) is 4.08. The van der Waals surface area contributed by atoms with Crippen LogP contribution in [0.3, 0.4) is 0 Å². The molecule has 3 aromatic rings. The molecule has 1 aliphatic heterocycles. The zero-order valence-corrected chi connectivity index (χ0v) is 19.8. The highest BCUT2D eigenvalue weighted by atomic mass is 16.5. The smallest absolute Gasteiger partial charge is 0.300 e. The van der Waals surface area contributed by atoms with Crippen molar-refractivity contribution in [1.29, 1.82) is 0 Å². The number of anilines is 1. The lowest BCUT2D eigenvalue weighted by Gasteiger charge is -2.26. The maximum atomic E-state index is 13.3. The predicted octanol–water partition coefficient (Wildman–Crippen LogP) is 4.35. The number of ether oxygens (including phenoxy) is 4. The number of Topliss-reactive ketones (excluding diaryl/α,β-unsaturated/α-hetero) is 1. The summed E-state index contributed by atoms with van der Waals surface area (Å²) in [4.78, 5) is 27.9. The van der Waals surface area contributed by atoms with E-state index in [4.69, 9.17) is 18.9 Å². The van der Waals surface area contributed by atoms with Gasteiger partial charge in [-0.05, 0) is 66.2 Å². The van der Waals surface area contributed by atoms with E-state index in [0.717, 1.165) is 0 Å². The van der Waals surface area contributed by atoms with Gasteiger partial charge in [0.05, 0.1) is 40.1 Å². The Balaban J connectivity index is 1.93. The molecule has 1 aliphatic rings. The summed E-state index contributed by atoms with van der Waals surface area (Å²) in [6.45, 7) is 0. The van der Waals surface area contributed by atoms with Crippen LogP contribution in [0.1, 0.15) is 17.2 Å². The summed E-state index contributed by atoms with van der Waals surface area (Å²) in [6, 6.07) is 17.6. The molecule has 35 heavy (non-hydrogen) atoms. The van der Waals surface area contributed by atoms with Crippen molar-refractivity contribution in [3.63, 3.8) is 0 Å². The Morgan fingerprint density at radius 3 is 1.86 bits per heavy atom. The van der Waals surface area contributed by atoms with Crippen LogP contribution in [0, 0.1) is 0 Å². The van der Waals surface area contributed by atoms with Crippen LogP contribution in [0.15, 0.2) is 72.3 Å². The number of amides is 1. The number of carbonyl (C=O) groups is 2.